The van der Waals surface area contributed by atoms with Gasteiger partial charge in [0.1, 0.15) is 5.78 Å². The van der Waals surface area contributed by atoms with E-state index in [1.807, 2.05) is 0 Å². The van der Waals surface area contributed by atoms with Crippen LogP contribution in [0.15, 0.2) is 23.3 Å². The van der Waals surface area contributed by atoms with Crippen LogP contribution < -0.4 is 0 Å². The Morgan fingerprint density at radius 1 is 1.22 bits per heavy atom. The summed E-state index contributed by atoms with van der Waals surface area (Å²) in [7, 11) is 1.48. The van der Waals surface area contributed by atoms with Crippen LogP contribution in [0.3, 0.4) is 0 Å². The van der Waals surface area contributed by atoms with E-state index in [1.54, 1.807) is 0 Å². The topological polar surface area (TPSA) is 63.6 Å². The molecule has 3 fully saturated rings. The zero-order chi connectivity index (χ0) is 26.7. The van der Waals surface area contributed by atoms with Gasteiger partial charge in [0.25, 0.3) is 0 Å². The summed E-state index contributed by atoms with van der Waals surface area (Å²) in [6.45, 7) is 15.7. The summed E-state index contributed by atoms with van der Waals surface area (Å²) in [6.07, 6.45) is 12.0. The first kappa shape index (κ1) is 27.6. The lowest BCUT2D eigenvalue weighted by molar-refractivity contribution is -0.154. The Kier molecular flexibility index (Phi) is 7.21. The summed E-state index contributed by atoms with van der Waals surface area (Å²) >= 11 is 0. The quantitative estimate of drug-likeness (QED) is 0.315. The van der Waals surface area contributed by atoms with Crippen molar-refractivity contribution in [3.05, 3.63) is 23.3 Å². The zero-order valence-corrected chi connectivity index (χ0v) is 24.1. The molecule has 9 unspecified atom stereocenters. The molecule has 3 saturated carbocycles. The van der Waals surface area contributed by atoms with Crippen molar-refractivity contribution in [2.24, 2.45) is 45.3 Å². The van der Waals surface area contributed by atoms with Crippen molar-refractivity contribution >= 4 is 11.8 Å². The average molecular weight is 499 g/mol. The number of Topliss-reactive ketones (excluding diaryl/α,β-unsaturated/α-hetero) is 1. The van der Waals surface area contributed by atoms with E-state index in [1.165, 1.54) is 18.3 Å². The molecule has 0 bridgehead atoms. The third-order valence-corrected chi connectivity index (χ3v) is 12.2. The molecular weight excluding hydrogens is 448 g/mol. The number of esters is 1. The molecule has 4 nitrogen and oxygen atoms in total. The average Bonchev–Trinajstić information content (AvgIpc) is 3.04. The van der Waals surface area contributed by atoms with Crippen molar-refractivity contribution in [3.63, 3.8) is 0 Å². The maximum absolute atomic E-state index is 13.1. The van der Waals surface area contributed by atoms with E-state index in [0.29, 0.717) is 36.9 Å². The lowest BCUT2D eigenvalue weighted by Gasteiger charge is -2.63. The SMILES string of the molecule is CCC1(C)C(=O)CCC2(C)C3CCC4(C)C(C(CCC=C(C)C)C(=O)OC)C(O)CC4(C)C3=CCC12. The van der Waals surface area contributed by atoms with Gasteiger partial charge in [-0.3, -0.25) is 9.59 Å². The fraction of sp³-hybridized carbons (Fsp3) is 0.812. The van der Waals surface area contributed by atoms with Crippen molar-refractivity contribution in [2.45, 2.75) is 112 Å². The lowest BCUT2D eigenvalue weighted by Crippen LogP contribution is -2.58. The van der Waals surface area contributed by atoms with Crippen LogP contribution in [0.5, 0.6) is 0 Å². The van der Waals surface area contributed by atoms with Gasteiger partial charge < -0.3 is 9.84 Å². The third-order valence-electron chi connectivity index (χ3n) is 12.2. The Labute approximate surface area is 219 Å². The predicted octanol–water partition coefficient (Wildman–Crippen LogP) is 7.06. The summed E-state index contributed by atoms with van der Waals surface area (Å²) in [5, 5.41) is 11.6. The van der Waals surface area contributed by atoms with Crippen molar-refractivity contribution in [1.82, 2.24) is 0 Å². The minimum atomic E-state index is -0.519. The van der Waals surface area contributed by atoms with E-state index < -0.39 is 6.10 Å². The van der Waals surface area contributed by atoms with Crippen LogP contribution in [0, 0.1) is 45.3 Å². The first-order valence-electron chi connectivity index (χ1n) is 14.4. The lowest BCUT2D eigenvalue weighted by atomic mass is 9.40. The number of aliphatic hydroxyl groups is 1. The summed E-state index contributed by atoms with van der Waals surface area (Å²) in [4.78, 5) is 26.2. The van der Waals surface area contributed by atoms with Gasteiger partial charge in [-0.05, 0) is 93.3 Å². The third kappa shape index (κ3) is 3.79. The van der Waals surface area contributed by atoms with Crippen LogP contribution in [0.25, 0.3) is 0 Å². The minimum Gasteiger partial charge on any atom is -0.469 e. The largest absolute Gasteiger partial charge is 0.469 e. The van der Waals surface area contributed by atoms with Crippen LogP contribution in [-0.4, -0.2) is 30.1 Å². The van der Waals surface area contributed by atoms with E-state index in [9.17, 15) is 14.7 Å². The van der Waals surface area contributed by atoms with Crippen molar-refractivity contribution in [1.29, 1.82) is 0 Å². The molecule has 9 atom stereocenters. The number of methoxy groups -OCH3 is 1. The first-order valence-corrected chi connectivity index (χ1v) is 14.4. The number of rotatable bonds is 6. The summed E-state index contributed by atoms with van der Waals surface area (Å²) in [5.41, 5.74) is 2.32. The minimum absolute atomic E-state index is 0.110. The highest BCUT2D eigenvalue weighted by molar-refractivity contribution is 5.86. The number of fused-ring (bicyclic) bond motifs is 5. The number of hydrogen-bond acceptors (Lipinski definition) is 4. The van der Waals surface area contributed by atoms with Crippen LogP contribution in [-0.2, 0) is 14.3 Å². The van der Waals surface area contributed by atoms with Crippen molar-refractivity contribution in [3.8, 4) is 0 Å². The van der Waals surface area contributed by atoms with Gasteiger partial charge in [0.15, 0.2) is 0 Å². The molecule has 0 aromatic rings. The molecule has 0 aromatic carbocycles. The number of carbonyl (C=O) groups excluding carboxylic acids is 2. The maximum atomic E-state index is 13.1. The molecule has 0 spiro atoms. The highest BCUT2D eigenvalue weighted by Crippen LogP contribution is 2.73. The van der Waals surface area contributed by atoms with E-state index in [-0.39, 0.29) is 39.5 Å². The van der Waals surface area contributed by atoms with Crippen LogP contribution in [0.1, 0.15) is 106 Å². The molecule has 4 rings (SSSR count). The Balaban J connectivity index is 1.73. The van der Waals surface area contributed by atoms with Gasteiger partial charge >= 0.3 is 5.97 Å². The highest BCUT2D eigenvalue weighted by Gasteiger charge is 2.68. The molecular formula is C32H50O4. The second-order valence-electron chi connectivity index (χ2n) is 13.8. The Hall–Kier alpha value is -1.42. The van der Waals surface area contributed by atoms with Gasteiger partial charge in [0.05, 0.1) is 19.1 Å². The Morgan fingerprint density at radius 2 is 1.92 bits per heavy atom. The second kappa shape index (κ2) is 9.40. The number of aliphatic hydroxyl groups excluding tert-OH is 1. The zero-order valence-electron chi connectivity index (χ0n) is 24.1. The molecule has 4 heteroatoms. The number of ether oxygens (including phenoxy) is 1. The molecule has 0 saturated heterocycles. The van der Waals surface area contributed by atoms with E-state index in [0.717, 1.165) is 38.5 Å². The van der Waals surface area contributed by atoms with Crippen LogP contribution >= 0.6 is 0 Å². The van der Waals surface area contributed by atoms with E-state index >= 15 is 0 Å². The second-order valence-corrected chi connectivity index (χ2v) is 13.8. The number of ketones is 1. The molecule has 0 aromatic heterocycles. The highest BCUT2D eigenvalue weighted by atomic mass is 16.5. The molecule has 202 valence electrons. The molecule has 4 aliphatic rings. The van der Waals surface area contributed by atoms with Gasteiger partial charge in [0, 0.05) is 17.8 Å². The standard InChI is InChI=1S/C32H50O4/c1-9-29(4)25-14-13-23-22(30(25,5)17-16-26(29)34)15-18-31(6)27(24(33)19-32(23,31)7)21(28(35)36-8)12-10-11-20(2)3/h11,13,21-22,24-25,27,33H,9-10,12,14-19H2,1-8H3. The molecule has 1 N–H and O–H groups in total. The first-order chi connectivity index (χ1) is 16.8. The summed E-state index contributed by atoms with van der Waals surface area (Å²) in [5.74, 6) is 0.690. The van der Waals surface area contributed by atoms with E-state index in [4.69, 9.17) is 4.74 Å². The smallest absolute Gasteiger partial charge is 0.309 e. The van der Waals surface area contributed by atoms with Crippen LogP contribution in [0.2, 0.25) is 0 Å². The maximum Gasteiger partial charge on any atom is 0.309 e. The molecule has 0 radical (unpaired) electrons. The molecule has 0 aliphatic heterocycles. The Morgan fingerprint density at radius 3 is 2.53 bits per heavy atom. The van der Waals surface area contributed by atoms with Gasteiger partial charge in [0.2, 0.25) is 0 Å². The summed E-state index contributed by atoms with van der Waals surface area (Å²) in [6, 6.07) is 0. The van der Waals surface area contributed by atoms with E-state index in [2.05, 4.69) is 60.6 Å². The van der Waals surface area contributed by atoms with Gasteiger partial charge in [-0.2, -0.15) is 0 Å². The van der Waals surface area contributed by atoms with Gasteiger partial charge in [-0.25, -0.2) is 0 Å². The van der Waals surface area contributed by atoms with Gasteiger partial charge in [-0.1, -0.05) is 57.9 Å². The normalized spacial score (nSPS) is 44.6. The number of hydrogen-bond donors (Lipinski definition) is 1. The predicted molar refractivity (Wildman–Crippen MR) is 144 cm³/mol. The summed E-state index contributed by atoms with van der Waals surface area (Å²) < 4.78 is 5.31. The monoisotopic (exact) mass is 498 g/mol. The van der Waals surface area contributed by atoms with Gasteiger partial charge in [-0.15, -0.1) is 0 Å². The van der Waals surface area contributed by atoms with Crippen molar-refractivity contribution < 1.29 is 19.4 Å². The molecule has 4 aliphatic carbocycles. The molecule has 0 amide bonds. The number of carbonyl (C=O) groups is 2. The molecule has 36 heavy (non-hydrogen) atoms. The van der Waals surface area contributed by atoms with Crippen LogP contribution in [0.4, 0.5) is 0 Å². The Bertz CT molecular complexity index is 959. The number of allylic oxidation sites excluding steroid dienone is 4. The fourth-order valence-electron chi connectivity index (χ4n) is 9.76. The molecule has 0 heterocycles. The fourth-order valence-corrected chi connectivity index (χ4v) is 9.76. The van der Waals surface area contributed by atoms with Crippen molar-refractivity contribution in [2.75, 3.05) is 7.11 Å².